The Labute approximate surface area is 129 Å². The van der Waals surface area contributed by atoms with Gasteiger partial charge in [-0.25, -0.2) is 9.78 Å². The van der Waals surface area contributed by atoms with Gasteiger partial charge in [0, 0.05) is 0 Å². The first-order chi connectivity index (χ1) is 9.65. The highest BCUT2D eigenvalue weighted by molar-refractivity contribution is 9.11. The van der Waals surface area contributed by atoms with Gasteiger partial charge in [-0.2, -0.15) is 0 Å². The summed E-state index contributed by atoms with van der Waals surface area (Å²) in [7, 11) is 1.35. The number of rotatable bonds is 5. The van der Waals surface area contributed by atoms with E-state index in [1.165, 1.54) is 18.4 Å². The lowest BCUT2D eigenvalue weighted by Gasteiger charge is -2.06. The Morgan fingerprint density at radius 2 is 2.25 bits per heavy atom. The third kappa shape index (κ3) is 3.37. The van der Waals surface area contributed by atoms with Gasteiger partial charge in [0.1, 0.15) is 5.75 Å². The van der Waals surface area contributed by atoms with Crippen LogP contribution in [-0.4, -0.2) is 24.7 Å². The second-order valence-electron chi connectivity index (χ2n) is 4.01. The Balaban J connectivity index is 2.38. The van der Waals surface area contributed by atoms with Gasteiger partial charge in [0.25, 0.3) is 0 Å². The van der Waals surface area contributed by atoms with Gasteiger partial charge in [0.15, 0.2) is 9.61 Å². The average molecular weight is 356 g/mol. The quantitative estimate of drug-likeness (QED) is 0.756. The molecule has 1 aromatic carbocycles. The molecule has 0 N–H and O–H groups in total. The standard InChI is InChI=1S/C14H14BrNO3S/c1-3-7-19-10-6-4-5-9(8-10)12-11(13(17)18-2)16-14(15)20-12/h4-6,8H,3,7H2,1-2H3. The maximum absolute atomic E-state index is 11.7. The van der Waals surface area contributed by atoms with Crippen LogP contribution in [0.2, 0.25) is 0 Å². The molecule has 0 amide bonds. The maximum Gasteiger partial charge on any atom is 0.358 e. The number of benzene rings is 1. The van der Waals surface area contributed by atoms with Crippen molar-refractivity contribution in [3.05, 3.63) is 33.9 Å². The zero-order valence-electron chi connectivity index (χ0n) is 11.2. The van der Waals surface area contributed by atoms with Crippen molar-refractivity contribution in [1.82, 2.24) is 4.98 Å². The van der Waals surface area contributed by atoms with Crippen molar-refractivity contribution in [2.45, 2.75) is 13.3 Å². The fourth-order valence-electron chi connectivity index (χ4n) is 1.67. The number of hydrogen-bond donors (Lipinski definition) is 0. The SMILES string of the molecule is CCCOc1cccc(-c2sc(Br)nc2C(=O)OC)c1. The van der Waals surface area contributed by atoms with Crippen LogP contribution >= 0.6 is 27.3 Å². The van der Waals surface area contributed by atoms with Crippen LogP contribution in [0.15, 0.2) is 28.2 Å². The molecule has 106 valence electrons. The molecule has 0 spiro atoms. The number of carbonyl (C=O) groups excluding carboxylic acids is 1. The Bertz CT molecular complexity index is 612. The van der Waals surface area contributed by atoms with E-state index in [1.807, 2.05) is 24.3 Å². The summed E-state index contributed by atoms with van der Waals surface area (Å²) in [6.07, 6.45) is 0.948. The van der Waals surface area contributed by atoms with Crippen molar-refractivity contribution in [2.75, 3.05) is 13.7 Å². The van der Waals surface area contributed by atoms with Gasteiger partial charge < -0.3 is 9.47 Å². The molecule has 0 fully saturated rings. The topological polar surface area (TPSA) is 48.4 Å². The molecule has 4 nitrogen and oxygen atoms in total. The van der Waals surface area contributed by atoms with Crippen LogP contribution in [-0.2, 0) is 4.74 Å². The Hall–Kier alpha value is -1.40. The minimum atomic E-state index is -0.443. The molecule has 1 aromatic heterocycles. The van der Waals surface area contributed by atoms with Gasteiger partial charge in [-0.1, -0.05) is 19.1 Å². The Morgan fingerprint density at radius 3 is 2.95 bits per heavy atom. The van der Waals surface area contributed by atoms with E-state index in [4.69, 9.17) is 9.47 Å². The number of nitrogens with zero attached hydrogens (tertiary/aromatic N) is 1. The first kappa shape index (κ1) is 15.0. The average Bonchev–Trinajstić information content (AvgIpc) is 2.86. The smallest absolute Gasteiger partial charge is 0.358 e. The van der Waals surface area contributed by atoms with Gasteiger partial charge in [-0.3, -0.25) is 0 Å². The second-order valence-corrected chi connectivity index (χ2v) is 6.29. The van der Waals surface area contributed by atoms with E-state index in [2.05, 4.69) is 27.8 Å². The van der Waals surface area contributed by atoms with Crippen molar-refractivity contribution >= 4 is 33.2 Å². The fraction of sp³-hybridized carbons (Fsp3) is 0.286. The summed E-state index contributed by atoms with van der Waals surface area (Å²) in [5.41, 5.74) is 1.21. The number of carbonyl (C=O) groups is 1. The lowest BCUT2D eigenvalue weighted by atomic mass is 10.1. The van der Waals surface area contributed by atoms with Crippen LogP contribution in [0.5, 0.6) is 5.75 Å². The van der Waals surface area contributed by atoms with Gasteiger partial charge in [0.05, 0.1) is 18.6 Å². The van der Waals surface area contributed by atoms with E-state index in [9.17, 15) is 4.79 Å². The van der Waals surface area contributed by atoms with Gasteiger partial charge in [0.2, 0.25) is 0 Å². The summed E-state index contributed by atoms with van der Waals surface area (Å²) in [6, 6.07) is 7.62. The van der Waals surface area contributed by atoms with Crippen LogP contribution in [0.1, 0.15) is 23.8 Å². The highest BCUT2D eigenvalue weighted by Gasteiger charge is 2.19. The molecular weight excluding hydrogens is 342 g/mol. The molecule has 20 heavy (non-hydrogen) atoms. The predicted molar refractivity (Wildman–Crippen MR) is 82.4 cm³/mol. The highest BCUT2D eigenvalue weighted by Crippen LogP contribution is 2.34. The summed E-state index contributed by atoms with van der Waals surface area (Å²) in [5, 5.41) is 0. The largest absolute Gasteiger partial charge is 0.494 e. The number of thiazole rings is 1. The zero-order chi connectivity index (χ0) is 14.5. The maximum atomic E-state index is 11.7. The van der Waals surface area contributed by atoms with E-state index < -0.39 is 5.97 Å². The number of hydrogen-bond acceptors (Lipinski definition) is 5. The molecule has 2 aromatic rings. The molecule has 2 rings (SSSR count). The zero-order valence-corrected chi connectivity index (χ0v) is 13.6. The second kappa shape index (κ2) is 6.85. The van der Waals surface area contributed by atoms with E-state index >= 15 is 0 Å². The molecule has 0 aliphatic rings. The van der Waals surface area contributed by atoms with Crippen LogP contribution in [0.25, 0.3) is 10.4 Å². The molecule has 0 radical (unpaired) electrons. The normalized spacial score (nSPS) is 10.3. The summed E-state index contributed by atoms with van der Waals surface area (Å²) in [6.45, 7) is 2.72. The van der Waals surface area contributed by atoms with E-state index in [1.54, 1.807) is 0 Å². The first-order valence-electron chi connectivity index (χ1n) is 6.13. The molecule has 0 saturated carbocycles. The Kier molecular flexibility index (Phi) is 5.14. The van der Waals surface area contributed by atoms with E-state index in [-0.39, 0.29) is 0 Å². The predicted octanol–water partition coefficient (Wildman–Crippen LogP) is 4.15. The summed E-state index contributed by atoms with van der Waals surface area (Å²) >= 11 is 4.70. The number of ether oxygens (including phenoxy) is 2. The third-order valence-electron chi connectivity index (χ3n) is 2.55. The van der Waals surface area contributed by atoms with Crippen LogP contribution in [0.4, 0.5) is 0 Å². The molecule has 0 aliphatic heterocycles. The van der Waals surface area contributed by atoms with Crippen LogP contribution < -0.4 is 4.74 Å². The van der Waals surface area contributed by atoms with Crippen molar-refractivity contribution in [3.8, 4) is 16.2 Å². The van der Waals surface area contributed by atoms with Gasteiger partial charge >= 0.3 is 5.97 Å². The number of aromatic nitrogens is 1. The Morgan fingerprint density at radius 1 is 1.45 bits per heavy atom. The van der Waals surface area contributed by atoms with Crippen molar-refractivity contribution in [3.63, 3.8) is 0 Å². The fourth-order valence-corrected chi connectivity index (χ4v) is 3.11. The number of methoxy groups -OCH3 is 1. The van der Waals surface area contributed by atoms with Crippen molar-refractivity contribution in [1.29, 1.82) is 0 Å². The first-order valence-corrected chi connectivity index (χ1v) is 7.74. The molecule has 6 heteroatoms. The van der Waals surface area contributed by atoms with Gasteiger partial charge in [-0.15, -0.1) is 11.3 Å². The summed E-state index contributed by atoms with van der Waals surface area (Å²) < 4.78 is 11.0. The van der Waals surface area contributed by atoms with E-state index in [0.717, 1.165) is 22.6 Å². The van der Waals surface area contributed by atoms with Crippen LogP contribution in [0, 0.1) is 0 Å². The monoisotopic (exact) mass is 355 g/mol. The number of halogens is 1. The number of esters is 1. The molecule has 0 saturated heterocycles. The van der Waals surface area contributed by atoms with Crippen molar-refractivity contribution < 1.29 is 14.3 Å². The lowest BCUT2D eigenvalue weighted by molar-refractivity contribution is 0.0595. The minimum absolute atomic E-state index is 0.317. The lowest BCUT2D eigenvalue weighted by Crippen LogP contribution is -2.03. The molecule has 0 aliphatic carbocycles. The molecule has 0 atom stereocenters. The highest BCUT2D eigenvalue weighted by atomic mass is 79.9. The summed E-state index contributed by atoms with van der Waals surface area (Å²) in [5.74, 6) is 0.339. The van der Waals surface area contributed by atoms with Gasteiger partial charge in [-0.05, 0) is 40.0 Å². The minimum Gasteiger partial charge on any atom is -0.494 e. The van der Waals surface area contributed by atoms with E-state index in [0.29, 0.717) is 16.2 Å². The van der Waals surface area contributed by atoms with Crippen LogP contribution in [0.3, 0.4) is 0 Å². The molecule has 0 unspecified atom stereocenters. The molecule has 0 bridgehead atoms. The summed E-state index contributed by atoms with van der Waals surface area (Å²) in [4.78, 5) is 16.7. The third-order valence-corrected chi connectivity index (χ3v) is 4.10. The molecule has 1 heterocycles. The van der Waals surface area contributed by atoms with Crippen molar-refractivity contribution in [2.24, 2.45) is 0 Å². The molecular formula is C14H14BrNO3S.